The molecule has 0 unspecified atom stereocenters. The Hall–Kier alpha value is -1.85. The summed E-state index contributed by atoms with van der Waals surface area (Å²) in [6.07, 6.45) is 0. The van der Waals surface area contributed by atoms with Crippen LogP contribution in [0.25, 0.3) is 11.1 Å². The number of hydrogen-bond acceptors (Lipinski definition) is 3. The summed E-state index contributed by atoms with van der Waals surface area (Å²) in [5.74, 6) is 0. The zero-order chi connectivity index (χ0) is 17.3. The Bertz CT molecular complexity index is 775. The number of sulfonamides is 1. The zero-order valence-corrected chi connectivity index (χ0v) is 14.9. The van der Waals surface area contributed by atoms with Crippen molar-refractivity contribution in [3.63, 3.8) is 0 Å². The normalized spacial score (nSPS) is 12.6. The summed E-state index contributed by atoms with van der Waals surface area (Å²) < 4.78 is 27.9. The highest BCUT2D eigenvalue weighted by atomic mass is 32.2. The maximum absolute atomic E-state index is 13.2. The maximum Gasteiger partial charge on any atom is 0.244 e. The van der Waals surface area contributed by atoms with Gasteiger partial charge in [-0.05, 0) is 44.5 Å². The molecule has 0 radical (unpaired) electrons. The van der Waals surface area contributed by atoms with Gasteiger partial charge in [-0.15, -0.1) is 0 Å². The lowest BCUT2D eigenvalue weighted by Crippen LogP contribution is -2.45. The van der Waals surface area contributed by atoms with E-state index in [-0.39, 0.29) is 0 Å². The molecule has 0 saturated heterocycles. The fraction of sp³-hybridized carbons (Fsp3) is 0.333. The first-order valence-electron chi connectivity index (χ1n) is 7.65. The minimum atomic E-state index is -3.60. The van der Waals surface area contributed by atoms with Crippen LogP contribution in [0.1, 0.15) is 27.7 Å². The van der Waals surface area contributed by atoms with Crippen LogP contribution in [-0.2, 0) is 10.0 Å². The standard InChI is InChI=1S/C18H24N2O2S/c1-5-20(18(2,3)4)23(21,22)17-9-7-6-8-16(17)14-10-12-15(19)13-11-14/h6-13H,5,19H2,1-4H3. The second kappa shape index (κ2) is 6.34. The van der Waals surface area contributed by atoms with Crippen LogP contribution >= 0.6 is 0 Å². The van der Waals surface area contributed by atoms with Gasteiger partial charge < -0.3 is 5.73 Å². The Morgan fingerprint density at radius 3 is 2.09 bits per heavy atom. The largest absolute Gasteiger partial charge is 0.399 e. The van der Waals surface area contributed by atoms with E-state index in [1.165, 1.54) is 4.31 Å². The van der Waals surface area contributed by atoms with Crippen LogP contribution in [0.5, 0.6) is 0 Å². The maximum atomic E-state index is 13.2. The average Bonchev–Trinajstić information content (AvgIpc) is 2.47. The third-order valence-electron chi connectivity index (χ3n) is 3.71. The van der Waals surface area contributed by atoms with Crippen molar-refractivity contribution >= 4 is 15.7 Å². The smallest absolute Gasteiger partial charge is 0.244 e. The molecule has 0 saturated carbocycles. The fourth-order valence-electron chi connectivity index (χ4n) is 2.72. The van der Waals surface area contributed by atoms with Gasteiger partial charge in [0.1, 0.15) is 0 Å². The van der Waals surface area contributed by atoms with Crippen molar-refractivity contribution in [1.82, 2.24) is 4.31 Å². The van der Waals surface area contributed by atoms with Crippen LogP contribution < -0.4 is 5.73 Å². The van der Waals surface area contributed by atoms with Crippen molar-refractivity contribution in [2.24, 2.45) is 0 Å². The Labute approximate surface area is 139 Å². The molecule has 0 aliphatic rings. The highest BCUT2D eigenvalue weighted by Gasteiger charge is 2.34. The van der Waals surface area contributed by atoms with Crippen molar-refractivity contribution in [1.29, 1.82) is 0 Å². The number of anilines is 1. The van der Waals surface area contributed by atoms with E-state index in [1.807, 2.05) is 52.0 Å². The van der Waals surface area contributed by atoms with Crippen LogP contribution in [-0.4, -0.2) is 24.8 Å². The van der Waals surface area contributed by atoms with Gasteiger partial charge in [0.05, 0.1) is 4.90 Å². The summed E-state index contributed by atoms with van der Waals surface area (Å²) in [5, 5.41) is 0. The molecule has 0 aliphatic heterocycles. The van der Waals surface area contributed by atoms with E-state index in [0.717, 1.165) is 5.56 Å². The lowest BCUT2D eigenvalue weighted by atomic mass is 10.1. The van der Waals surface area contributed by atoms with Crippen LogP contribution in [0.3, 0.4) is 0 Å². The number of benzene rings is 2. The number of nitrogens with two attached hydrogens (primary N) is 1. The molecule has 0 amide bonds. The molecule has 0 aromatic heterocycles. The second-order valence-corrected chi connectivity index (χ2v) is 8.29. The molecule has 2 aromatic rings. The Kier molecular flexibility index (Phi) is 4.82. The van der Waals surface area contributed by atoms with Gasteiger partial charge >= 0.3 is 0 Å². The summed E-state index contributed by atoms with van der Waals surface area (Å²) in [4.78, 5) is 0.321. The molecule has 0 atom stereocenters. The SMILES string of the molecule is CCN(C(C)(C)C)S(=O)(=O)c1ccccc1-c1ccc(N)cc1. The monoisotopic (exact) mass is 332 g/mol. The topological polar surface area (TPSA) is 63.4 Å². The minimum absolute atomic E-state index is 0.321. The van der Waals surface area contributed by atoms with Crippen molar-refractivity contribution in [3.8, 4) is 11.1 Å². The van der Waals surface area contributed by atoms with Gasteiger partial charge in [-0.3, -0.25) is 0 Å². The third-order valence-corrected chi connectivity index (χ3v) is 6.01. The first-order chi connectivity index (χ1) is 10.7. The van der Waals surface area contributed by atoms with Gasteiger partial charge in [0.2, 0.25) is 10.0 Å². The van der Waals surface area contributed by atoms with Gasteiger partial charge in [-0.2, -0.15) is 4.31 Å². The summed E-state index contributed by atoms with van der Waals surface area (Å²) in [6.45, 7) is 7.98. The summed E-state index contributed by atoms with van der Waals surface area (Å²) in [7, 11) is -3.60. The van der Waals surface area contributed by atoms with Gasteiger partial charge in [0.15, 0.2) is 0 Å². The molecular formula is C18H24N2O2S. The van der Waals surface area contributed by atoms with Crippen LogP contribution in [0, 0.1) is 0 Å². The molecule has 4 nitrogen and oxygen atoms in total. The number of nitrogen functional groups attached to an aromatic ring is 1. The molecule has 2 rings (SSSR count). The van der Waals surface area contributed by atoms with E-state index >= 15 is 0 Å². The van der Waals surface area contributed by atoms with Crippen LogP contribution in [0.15, 0.2) is 53.4 Å². The number of rotatable bonds is 4. The average molecular weight is 332 g/mol. The lowest BCUT2D eigenvalue weighted by Gasteiger charge is -2.34. The van der Waals surface area contributed by atoms with Crippen molar-refractivity contribution in [2.45, 2.75) is 38.1 Å². The lowest BCUT2D eigenvalue weighted by molar-refractivity contribution is 0.260. The molecule has 0 fully saturated rings. The zero-order valence-electron chi connectivity index (χ0n) is 14.1. The number of hydrogen-bond donors (Lipinski definition) is 1. The molecule has 0 bridgehead atoms. The summed E-state index contributed by atoms with van der Waals surface area (Å²) in [6, 6.07) is 14.3. The molecule has 0 aliphatic carbocycles. The first kappa shape index (κ1) is 17.5. The van der Waals surface area contributed by atoms with Gasteiger partial charge in [0, 0.05) is 23.3 Å². The second-order valence-electron chi connectivity index (χ2n) is 6.46. The number of nitrogens with zero attached hydrogens (tertiary/aromatic N) is 1. The van der Waals surface area contributed by atoms with E-state index in [9.17, 15) is 8.42 Å². The van der Waals surface area contributed by atoms with E-state index in [0.29, 0.717) is 22.7 Å². The van der Waals surface area contributed by atoms with Gasteiger partial charge in [-0.25, -0.2) is 8.42 Å². The molecular weight excluding hydrogens is 308 g/mol. The molecule has 0 spiro atoms. The van der Waals surface area contributed by atoms with Gasteiger partial charge in [-0.1, -0.05) is 37.3 Å². The summed E-state index contributed by atoms with van der Waals surface area (Å²) in [5.41, 5.74) is 7.42. The molecule has 0 heterocycles. The van der Waals surface area contributed by atoms with Crippen LogP contribution in [0.2, 0.25) is 0 Å². The van der Waals surface area contributed by atoms with Crippen molar-refractivity contribution < 1.29 is 8.42 Å². The van der Waals surface area contributed by atoms with E-state index in [2.05, 4.69) is 0 Å². The van der Waals surface area contributed by atoms with E-state index in [4.69, 9.17) is 5.73 Å². The van der Waals surface area contributed by atoms with Crippen LogP contribution in [0.4, 0.5) is 5.69 Å². The van der Waals surface area contributed by atoms with E-state index in [1.54, 1.807) is 24.3 Å². The third kappa shape index (κ3) is 3.57. The molecule has 2 aromatic carbocycles. The summed E-state index contributed by atoms with van der Waals surface area (Å²) >= 11 is 0. The predicted octanol–water partition coefficient (Wildman–Crippen LogP) is 3.74. The highest BCUT2D eigenvalue weighted by Crippen LogP contribution is 2.32. The quantitative estimate of drug-likeness (QED) is 0.867. The molecule has 2 N–H and O–H groups in total. The molecule has 23 heavy (non-hydrogen) atoms. The Morgan fingerprint density at radius 2 is 1.57 bits per heavy atom. The Morgan fingerprint density at radius 1 is 1.00 bits per heavy atom. The fourth-order valence-corrected chi connectivity index (χ4v) is 4.73. The van der Waals surface area contributed by atoms with Crippen molar-refractivity contribution in [2.75, 3.05) is 12.3 Å². The molecule has 5 heteroatoms. The van der Waals surface area contributed by atoms with E-state index < -0.39 is 15.6 Å². The Balaban J connectivity index is 2.62. The molecule has 124 valence electrons. The minimum Gasteiger partial charge on any atom is -0.399 e. The van der Waals surface area contributed by atoms with Gasteiger partial charge in [0.25, 0.3) is 0 Å². The highest BCUT2D eigenvalue weighted by molar-refractivity contribution is 7.89. The predicted molar refractivity (Wildman–Crippen MR) is 95.6 cm³/mol. The first-order valence-corrected chi connectivity index (χ1v) is 9.09. The van der Waals surface area contributed by atoms with Crippen molar-refractivity contribution in [3.05, 3.63) is 48.5 Å².